The highest BCUT2D eigenvalue weighted by atomic mass is 16.5. The first kappa shape index (κ1) is 14.6. The molecule has 3 heterocycles. The SMILES string of the molecule is CC(C)C1(C(=O)O)CCN(C(=O)N2CC3CCC(C2)O3)C1. The van der Waals surface area contributed by atoms with Crippen LogP contribution in [0.4, 0.5) is 4.79 Å². The third kappa shape index (κ3) is 2.39. The third-order valence-corrected chi connectivity index (χ3v) is 5.42. The van der Waals surface area contributed by atoms with Crippen LogP contribution in [0.5, 0.6) is 0 Å². The number of aliphatic carboxylic acids is 1. The number of carboxylic acid groups (broad SMARTS) is 1. The lowest BCUT2D eigenvalue weighted by Gasteiger charge is -2.35. The summed E-state index contributed by atoms with van der Waals surface area (Å²) in [5.41, 5.74) is -0.791. The fourth-order valence-corrected chi connectivity index (χ4v) is 3.86. The molecule has 6 nitrogen and oxygen atoms in total. The van der Waals surface area contributed by atoms with Gasteiger partial charge in [0, 0.05) is 26.2 Å². The van der Waals surface area contributed by atoms with Crippen molar-refractivity contribution in [2.75, 3.05) is 26.2 Å². The number of likely N-dealkylation sites (tertiary alicyclic amines) is 2. The number of ether oxygens (including phenoxy) is 1. The van der Waals surface area contributed by atoms with Crippen LogP contribution in [0.25, 0.3) is 0 Å². The highest BCUT2D eigenvalue weighted by Crippen LogP contribution is 2.39. The predicted octanol–water partition coefficient (Wildman–Crippen LogP) is 1.40. The maximum absolute atomic E-state index is 12.7. The Morgan fingerprint density at radius 1 is 1.19 bits per heavy atom. The van der Waals surface area contributed by atoms with Gasteiger partial charge in [0.1, 0.15) is 0 Å². The van der Waals surface area contributed by atoms with Crippen LogP contribution in [-0.4, -0.2) is 65.3 Å². The van der Waals surface area contributed by atoms with Crippen LogP contribution < -0.4 is 0 Å². The summed E-state index contributed by atoms with van der Waals surface area (Å²) in [5, 5.41) is 9.57. The van der Waals surface area contributed by atoms with Gasteiger partial charge >= 0.3 is 12.0 Å². The lowest BCUT2D eigenvalue weighted by atomic mass is 9.76. The highest BCUT2D eigenvalue weighted by molar-refractivity contribution is 5.80. The standard InChI is InChI=1S/C15H24N2O4/c1-10(2)15(13(18)19)5-6-16(9-15)14(20)17-7-11-3-4-12(8-17)21-11/h10-12H,3-9H2,1-2H3,(H,18,19). The van der Waals surface area contributed by atoms with Gasteiger partial charge < -0.3 is 19.6 Å². The topological polar surface area (TPSA) is 70.1 Å². The Morgan fingerprint density at radius 3 is 2.29 bits per heavy atom. The summed E-state index contributed by atoms with van der Waals surface area (Å²) >= 11 is 0. The van der Waals surface area contributed by atoms with E-state index in [-0.39, 0.29) is 24.2 Å². The molecule has 0 aromatic heterocycles. The van der Waals surface area contributed by atoms with E-state index in [9.17, 15) is 14.7 Å². The van der Waals surface area contributed by atoms with E-state index in [1.54, 1.807) is 4.90 Å². The van der Waals surface area contributed by atoms with Crippen molar-refractivity contribution >= 4 is 12.0 Å². The van der Waals surface area contributed by atoms with Crippen LogP contribution in [-0.2, 0) is 9.53 Å². The molecule has 0 radical (unpaired) electrons. The molecule has 0 saturated carbocycles. The summed E-state index contributed by atoms with van der Waals surface area (Å²) in [6.45, 7) is 6.01. The molecule has 2 bridgehead atoms. The van der Waals surface area contributed by atoms with Gasteiger partial charge in [-0.1, -0.05) is 13.8 Å². The number of hydrogen-bond donors (Lipinski definition) is 1. The molecule has 6 heteroatoms. The first-order valence-corrected chi connectivity index (χ1v) is 7.85. The first-order chi connectivity index (χ1) is 9.92. The number of hydrogen-bond acceptors (Lipinski definition) is 3. The van der Waals surface area contributed by atoms with Gasteiger partial charge in [-0.2, -0.15) is 0 Å². The van der Waals surface area contributed by atoms with Crippen molar-refractivity contribution in [3.63, 3.8) is 0 Å². The Bertz CT molecular complexity index is 441. The van der Waals surface area contributed by atoms with E-state index in [1.165, 1.54) is 0 Å². The lowest BCUT2D eigenvalue weighted by Crippen LogP contribution is -2.51. The summed E-state index contributed by atoms with van der Waals surface area (Å²) in [6, 6.07) is -0.0148. The van der Waals surface area contributed by atoms with Crippen molar-refractivity contribution < 1.29 is 19.4 Å². The molecular weight excluding hydrogens is 272 g/mol. The maximum atomic E-state index is 12.7. The zero-order valence-electron chi connectivity index (χ0n) is 12.7. The molecule has 2 amide bonds. The van der Waals surface area contributed by atoms with Gasteiger partial charge in [0.2, 0.25) is 0 Å². The van der Waals surface area contributed by atoms with Gasteiger partial charge in [0.25, 0.3) is 0 Å². The average Bonchev–Trinajstić information content (AvgIpc) is 3.03. The van der Waals surface area contributed by atoms with Crippen molar-refractivity contribution in [1.29, 1.82) is 0 Å². The molecule has 3 aliphatic rings. The van der Waals surface area contributed by atoms with Crippen molar-refractivity contribution in [3.05, 3.63) is 0 Å². The van der Waals surface area contributed by atoms with E-state index >= 15 is 0 Å². The van der Waals surface area contributed by atoms with E-state index in [2.05, 4.69) is 0 Å². The van der Waals surface area contributed by atoms with Gasteiger partial charge in [-0.25, -0.2) is 4.79 Å². The highest BCUT2D eigenvalue weighted by Gasteiger charge is 2.49. The summed E-state index contributed by atoms with van der Waals surface area (Å²) in [5.74, 6) is -0.761. The largest absolute Gasteiger partial charge is 0.481 e. The second-order valence-corrected chi connectivity index (χ2v) is 6.93. The molecule has 1 N–H and O–H groups in total. The molecule has 3 fully saturated rings. The van der Waals surface area contributed by atoms with E-state index in [1.807, 2.05) is 18.7 Å². The molecule has 0 aromatic carbocycles. The average molecular weight is 296 g/mol. The second-order valence-electron chi connectivity index (χ2n) is 6.93. The molecule has 3 atom stereocenters. The van der Waals surface area contributed by atoms with Crippen molar-refractivity contribution in [1.82, 2.24) is 9.80 Å². The van der Waals surface area contributed by atoms with Gasteiger partial charge in [0.05, 0.1) is 17.6 Å². The number of rotatable bonds is 2. The Balaban J connectivity index is 1.68. The Kier molecular flexibility index (Phi) is 3.59. The fourth-order valence-electron chi connectivity index (χ4n) is 3.86. The minimum atomic E-state index is -0.791. The van der Waals surface area contributed by atoms with Gasteiger partial charge in [-0.05, 0) is 25.2 Å². The Labute approximate surface area is 125 Å². The number of fused-ring (bicyclic) bond motifs is 2. The molecule has 3 rings (SSSR count). The number of carbonyl (C=O) groups is 2. The normalized spacial score (nSPS) is 35.6. The zero-order valence-corrected chi connectivity index (χ0v) is 12.7. The van der Waals surface area contributed by atoms with Crippen LogP contribution in [0, 0.1) is 11.3 Å². The van der Waals surface area contributed by atoms with E-state index in [0.717, 1.165) is 12.8 Å². The molecule has 3 unspecified atom stereocenters. The van der Waals surface area contributed by atoms with Crippen LogP contribution in [0.15, 0.2) is 0 Å². The number of morpholine rings is 1. The van der Waals surface area contributed by atoms with E-state index in [0.29, 0.717) is 32.6 Å². The van der Waals surface area contributed by atoms with Crippen molar-refractivity contribution in [2.45, 2.75) is 45.3 Å². The zero-order chi connectivity index (χ0) is 15.2. The van der Waals surface area contributed by atoms with Crippen molar-refractivity contribution in [2.24, 2.45) is 11.3 Å². The van der Waals surface area contributed by atoms with E-state index < -0.39 is 11.4 Å². The molecule has 21 heavy (non-hydrogen) atoms. The van der Waals surface area contributed by atoms with Crippen LogP contribution in [0.3, 0.4) is 0 Å². The minimum Gasteiger partial charge on any atom is -0.481 e. The molecule has 0 aromatic rings. The monoisotopic (exact) mass is 296 g/mol. The number of urea groups is 1. The fraction of sp³-hybridized carbons (Fsp3) is 0.867. The summed E-state index contributed by atoms with van der Waals surface area (Å²) in [4.78, 5) is 27.9. The van der Waals surface area contributed by atoms with E-state index in [4.69, 9.17) is 4.74 Å². The number of carboxylic acids is 1. The predicted molar refractivity (Wildman–Crippen MR) is 76.0 cm³/mol. The van der Waals surface area contributed by atoms with Crippen molar-refractivity contribution in [3.8, 4) is 0 Å². The van der Waals surface area contributed by atoms with Crippen LogP contribution in [0.2, 0.25) is 0 Å². The molecular formula is C15H24N2O4. The van der Waals surface area contributed by atoms with Gasteiger partial charge in [-0.15, -0.1) is 0 Å². The van der Waals surface area contributed by atoms with Gasteiger partial charge in [-0.3, -0.25) is 4.79 Å². The summed E-state index contributed by atoms with van der Waals surface area (Å²) < 4.78 is 5.75. The number of amides is 2. The molecule has 118 valence electrons. The molecule has 3 aliphatic heterocycles. The number of carbonyl (C=O) groups excluding carboxylic acids is 1. The Morgan fingerprint density at radius 2 is 1.81 bits per heavy atom. The minimum absolute atomic E-state index is 0.0148. The number of nitrogens with zero attached hydrogens (tertiary/aromatic N) is 2. The Hall–Kier alpha value is -1.30. The molecule has 3 saturated heterocycles. The third-order valence-electron chi connectivity index (χ3n) is 5.42. The van der Waals surface area contributed by atoms with Gasteiger partial charge in [0.15, 0.2) is 0 Å². The quantitative estimate of drug-likeness (QED) is 0.836. The maximum Gasteiger partial charge on any atom is 0.320 e. The second kappa shape index (κ2) is 5.16. The lowest BCUT2D eigenvalue weighted by molar-refractivity contribution is -0.150. The van der Waals surface area contributed by atoms with Crippen LogP contribution >= 0.6 is 0 Å². The first-order valence-electron chi connectivity index (χ1n) is 7.85. The summed E-state index contributed by atoms with van der Waals surface area (Å²) in [6.07, 6.45) is 2.94. The van der Waals surface area contributed by atoms with Crippen LogP contribution in [0.1, 0.15) is 33.1 Å². The molecule has 0 aliphatic carbocycles. The molecule has 0 spiro atoms. The smallest absolute Gasteiger partial charge is 0.320 e. The summed E-state index contributed by atoms with van der Waals surface area (Å²) in [7, 11) is 0.